The molecule has 0 spiro atoms. The Morgan fingerprint density at radius 1 is 1.15 bits per heavy atom. The molecule has 0 unspecified atom stereocenters. The third-order valence-corrected chi connectivity index (χ3v) is 3.92. The second-order valence-electron chi connectivity index (χ2n) is 5.91. The normalized spacial score (nSPS) is 11.3. The molecule has 6 nitrogen and oxygen atoms in total. The van der Waals surface area contributed by atoms with Gasteiger partial charge in [-0.3, -0.25) is 4.99 Å². The summed E-state index contributed by atoms with van der Waals surface area (Å²) in [6.45, 7) is 7.77. The van der Waals surface area contributed by atoms with Gasteiger partial charge in [-0.2, -0.15) is 0 Å². The zero-order chi connectivity index (χ0) is 18.3. The van der Waals surface area contributed by atoms with Gasteiger partial charge in [-0.05, 0) is 31.5 Å². The first-order valence-electron chi connectivity index (χ1n) is 8.97. The van der Waals surface area contributed by atoms with Crippen LogP contribution in [0.2, 0.25) is 0 Å². The molecule has 2 N–H and O–H groups in total. The molecule has 0 bridgehead atoms. The largest absolute Gasteiger partial charge is 0.385 e. The molecular weight excluding hydrogens is 443 g/mol. The van der Waals surface area contributed by atoms with E-state index in [1.807, 2.05) is 13.0 Å². The predicted molar refractivity (Wildman–Crippen MR) is 119 cm³/mol. The lowest BCUT2D eigenvalue weighted by atomic mass is 10.1. The number of guanidine groups is 1. The van der Waals surface area contributed by atoms with E-state index < -0.39 is 0 Å². The third-order valence-electron chi connectivity index (χ3n) is 3.92. The summed E-state index contributed by atoms with van der Waals surface area (Å²) in [5.74, 6) is 0.816. The van der Waals surface area contributed by atoms with Crippen molar-refractivity contribution in [3.8, 4) is 0 Å². The van der Waals surface area contributed by atoms with Crippen LogP contribution >= 0.6 is 24.0 Å². The van der Waals surface area contributed by atoms with Crippen LogP contribution in [0.5, 0.6) is 0 Å². The molecule has 1 aromatic carbocycles. The van der Waals surface area contributed by atoms with Crippen molar-refractivity contribution in [1.82, 2.24) is 15.5 Å². The summed E-state index contributed by atoms with van der Waals surface area (Å²) in [6, 6.07) is 8.33. The van der Waals surface area contributed by atoms with Crippen molar-refractivity contribution in [3.63, 3.8) is 0 Å². The van der Waals surface area contributed by atoms with Crippen molar-refractivity contribution in [3.05, 3.63) is 35.4 Å². The van der Waals surface area contributed by atoms with E-state index in [0.717, 1.165) is 51.8 Å². The van der Waals surface area contributed by atoms with Gasteiger partial charge in [0.15, 0.2) is 5.96 Å². The van der Waals surface area contributed by atoms with Crippen LogP contribution in [-0.2, 0) is 22.6 Å². The Kier molecular flexibility index (Phi) is 15.7. The number of rotatable bonds is 12. The van der Waals surface area contributed by atoms with Crippen molar-refractivity contribution in [2.24, 2.45) is 4.99 Å². The summed E-state index contributed by atoms with van der Waals surface area (Å²) < 4.78 is 10.6. The van der Waals surface area contributed by atoms with E-state index in [9.17, 15) is 0 Å². The van der Waals surface area contributed by atoms with Gasteiger partial charge in [-0.15, -0.1) is 24.0 Å². The van der Waals surface area contributed by atoms with Crippen LogP contribution in [0.25, 0.3) is 0 Å². The molecule has 1 aromatic rings. The van der Waals surface area contributed by atoms with Crippen LogP contribution in [0.1, 0.15) is 24.5 Å². The lowest BCUT2D eigenvalue weighted by Crippen LogP contribution is -2.40. The van der Waals surface area contributed by atoms with Crippen molar-refractivity contribution in [1.29, 1.82) is 0 Å². The zero-order valence-corrected chi connectivity index (χ0v) is 18.9. The molecule has 0 aromatic heterocycles. The molecule has 0 aliphatic carbocycles. The highest BCUT2D eigenvalue weighted by Crippen LogP contribution is 2.09. The number of methoxy groups -OCH3 is 1. The minimum Gasteiger partial charge on any atom is -0.385 e. The summed E-state index contributed by atoms with van der Waals surface area (Å²) in [4.78, 5) is 6.58. The number of hydrogen-bond acceptors (Lipinski definition) is 4. The van der Waals surface area contributed by atoms with E-state index in [1.54, 1.807) is 14.2 Å². The number of halogens is 1. The van der Waals surface area contributed by atoms with Gasteiger partial charge in [0.05, 0.1) is 6.61 Å². The summed E-state index contributed by atoms with van der Waals surface area (Å²) in [5, 5.41) is 6.73. The minimum atomic E-state index is 0. The quantitative estimate of drug-likeness (QED) is 0.209. The Morgan fingerprint density at radius 2 is 1.88 bits per heavy atom. The second-order valence-corrected chi connectivity index (χ2v) is 5.91. The number of aliphatic imine (C=N–C) groups is 1. The van der Waals surface area contributed by atoms with Gasteiger partial charge >= 0.3 is 0 Å². The van der Waals surface area contributed by atoms with E-state index in [-0.39, 0.29) is 24.0 Å². The zero-order valence-electron chi connectivity index (χ0n) is 16.6. The van der Waals surface area contributed by atoms with E-state index >= 15 is 0 Å². The number of likely N-dealkylation sites (N-methyl/N-ethyl adjacent to an activating group) is 1. The molecule has 0 heterocycles. The van der Waals surface area contributed by atoms with Gasteiger partial charge in [0.25, 0.3) is 0 Å². The molecule has 0 saturated heterocycles. The van der Waals surface area contributed by atoms with Crippen LogP contribution in [0, 0.1) is 0 Å². The first-order valence-corrected chi connectivity index (χ1v) is 8.97. The van der Waals surface area contributed by atoms with Crippen LogP contribution in [0.3, 0.4) is 0 Å². The summed E-state index contributed by atoms with van der Waals surface area (Å²) in [7, 11) is 5.66. The number of benzene rings is 1. The highest BCUT2D eigenvalue weighted by molar-refractivity contribution is 14.0. The maximum Gasteiger partial charge on any atom is 0.191 e. The lowest BCUT2D eigenvalue weighted by molar-refractivity contribution is 0.133. The monoisotopic (exact) mass is 478 g/mol. The summed E-state index contributed by atoms with van der Waals surface area (Å²) in [5.41, 5.74) is 2.45. The topological polar surface area (TPSA) is 58.1 Å². The van der Waals surface area contributed by atoms with Crippen molar-refractivity contribution < 1.29 is 9.47 Å². The maximum atomic E-state index is 5.54. The molecule has 150 valence electrons. The highest BCUT2D eigenvalue weighted by Gasteiger charge is 2.04. The fraction of sp³-hybridized carbons (Fsp3) is 0.632. The molecule has 0 radical (unpaired) electrons. The molecule has 0 aliphatic rings. The Labute approximate surface area is 175 Å². The Balaban J connectivity index is 0.00000625. The first kappa shape index (κ1) is 25.1. The average Bonchev–Trinajstić information content (AvgIpc) is 2.63. The van der Waals surface area contributed by atoms with Crippen molar-refractivity contribution in [2.75, 3.05) is 54.1 Å². The van der Waals surface area contributed by atoms with Crippen molar-refractivity contribution in [2.45, 2.75) is 26.5 Å². The SMILES string of the molecule is CCOCc1ccccc1CNC(=NC)NCCN(C)CCCOC.I. The van der Waals surface area contributed by atoms with Crippen LogP contribution < -0.4 is 10.6 Å². The molecule has 0 saturated carbocycles. The number of hydrogen-bond donors (Lipinski definition) is 2. The van der Waals surface area contributed by atoms with E-state index in [2.05, 4.69) is 45.8 Å². The molecule has 26 heavy (non-hydrogen) atoms. The van der Waals surface area contributed by atoms with E-state index in [1.165, 1.54) is 11.1 Å². The molecule has 0 aliphatic heterocycles. The molecule has 1 rings (SSSR count). The standard InChI is InChI=1S/C19H34N4O2.HI/c1-5-25-16-18-10-7-6-9-17(18)15-22-19(20-2)21-11-13-23(3)12-8-14-24-4;/h6-7,9-10H,5,8,11-16H2,1-4H3,(H2,20,21,22);1H. The van der Waals surface area contributed by atoms with Crippen LogP contribution in [-0.4, -0.2) is 64.9 Å². The van der Waals surface area contributed by atoms with Gasteiger partial charge in [0, 0.05) is 53.6 Å². The highest BCUT2D eigenvalue weighted by atomic mass is 127. The lowest BCUT2D eigenvalue weighted by Gasteiger charge is -2.18. The minimum absolute atomic E-state index is 0. The van der Waals surface area contributed by atoms with Crippen LogP contribution in [0.4, 0.5) is 0 Å². The fourth-order valence-corrected chi connectivity index (χ4v) is 2.44. The van der Waals surface area contributed by atoms with Gasteiger partial charge in [0.2, 0.25) is 0 Å². The summed E-state index contributed by atoms with van der Waals surface area (Å²) >= 11 is 0. The van der Waals surface area contributed by atoms with E-state index in [4.69, 9.17) is 9.47 Å². The molecule has 7 heteroatoms. The van der Waals surface area contributed by atoms with Gasteiger partial charge in [-0.1, -0.05) is 24.3 Å². The Bertz CT molecular complexity index is 500. The molecule has 0 atom stereocenters. The van der Waals surface area contributed by atoms with Crippen molar-refractivity contribution >= 4 is 29.9 Å². The second kappa shape index (κ2) is 16.3. The van der Waals surface area contributed by atoms with Gasteiger partial charge in [-0.25, -0.2) is 0 Å². The Morgan fingerprint density at radius 3 is 2.54 bits per heavy atom. The maximum absolute atomic E-state index is 5.54. The van der Waals surface area contributed by atoms with Crippen LogP contribution in [0.15, 0.2) is 29.3 Å². The van der Waals surface area contributed by atoms with E-state index in [0.29, 0.717) is 6.61 Å². The first-order chi connectivity index (χ1) is 12.2. The predicted octanol–water partition coefficient (Wildman–Crippen LogP) is 2.47. The fourth-order valence-electron chi connectivity index (χ4n) is 2.44. The average molecular weight is 478 g/mol. The number of nitrogens with one attached hydrogen (secondary N) is 2. The molecular formula is C19H35IN4O2. The molecule has 0 fully saturated rings. The summed E-state index contributed by atoms with van der Waals surface area (Å²) in [6.07, 6.45) is 1.05. The van der Waals surface area contributed by atoms with Gasteiger partial charge < -0.3 is 25.0 Å². The number of ether oxygens (including phenoxy) is 2. The van der Waals surface area contributed by atoms with Gasteiger partial charge in [0.1, 0.15) is 0 Å². The smallest absolute Gasteiger partial charge is 0.191 e. The third kappa shape index (κ3) is 10.9. The Hall–Kier alpha value is -0.900. The number of nitrogens with zero attached hydrogens (tertiary/aromatic N) is 2. The molecule has 0 amide bonds.